The molecule has 2 atom stereocenters. The van der Waals surface area contributed by atoms with Crippen LogP contribution in [0.2, 0.25) is 0 Å². The molecule has 132 valence electrons. The standard InChI is InChI=1S/C21H25NO3/c23-13-12-16-6-8-18(9-7-16)19-10-11-20(14-19)22-21(24)25-15-17-4-2-1-3-5-17/h1-9,19-20,23H,10-15H2,(H,22,24)/t19-,20-/m1/s1. The van der Waals surface area contributed by atoms with Gasteiger partial charge in [-0.05, 0) is 48.3 Å². The Balaban J connectivity index is 1.45. The Morgan fingerprint density at radius 3 is 2.52 bits per heavy atom. The highest BCUT2D eigenvalue weighted by Crippen LogP contribution is 2.34. The van der Waals surface area contributed by atoms with E-state index in [0.717, 1.165) is 30.4 Å². The van der Waals surface area contributed by atoms with Gasteiger partial charge in [0.15, 0.2) is 0 Å². The Morgan fingerprint density at radius 1 is 1.04 bits per heavy atom. The molecule has 2 N–H and O–H groups in total. The van der Waals surface area contributed by atoms with Gasteiger partial charge in [-0.25, -0.2) is 4.79 Å². The van der Waals surface area contributed by atoms with Crippen LogP contribution in [0.5, 0.6) is 0 Å². The summed E-state index contributed by atoms with van der Waals surface area (Å²) in [6.07, 6.45) is 3.35. The second-order valence-corrected chi connectivity index (χ2v) is 6.63. The summed E-state index contributed by atoms with van der Waals surface area (Å²) in [5.41, 5.74) is 3.46. The molecule has 0 heterocycles. The van der Waals surface area contributed by atoms with Gasteiger partial charge >= 0.3 is 6.09 Å². The second kappa shape index (κ2) is 8.67. The van der Waals surface area contributed by atoms with E-state index in [4.69, 9.17) is 9.84 Å². The molecule has 4 heteroatoms. The number of amides is 1. The molecule has 3 rings (SSSR count). The van der Waals surface area contributed by atoms with Gasteiger partial charge in [-0.1, -0.05) is 54.6 Å². The molecule has 1 amide bonds. The van der Waals surface area contributed by atoms with E-state index in [1.807, 2.05) is 30.3 Å². The van der Waals surface area contributed by atoms with Gasteiger partial charge < -0.3 is 15.2 Å². The molecule has 0 spiro atoms. The van der Waals surface area contributed by atoms with Crippen LogP contribution in [0.25, 0.3) is 0 Å². The molecule has 0 unspecified atom stereocenters. The van der Waals surface area contributed by atoms with Crippen molar-refractivity contribution in [1.29, 1.82) is 0 Å². The van der Waals surface area contributed by atoms with Gasteiger partial charge in [0, 0.05) is 12.6 Å². The Morgan fingerprint density at radius 2 is 1.80 bits per heavy atom. The van der Waals surface area contributed by atoms with Gasteiger partial charge in [-0.15, -0.1) is 0 Å². The lowest BCUT2D eigenvalue weighted by molar-refractivity contribution is 0.135. The highest BCUT2D eigenvalue weighted by atomic mass is 16.5. The predicted molar refractivity (Wildman–Crippen MR) is 97.4 cm³/mol. The number of aliphatic hydroxyl groups is 1. The fraction of sp³-hybridized carbons (Fsp3) is 0.381. The van der Waals surface area contributed by atoms with E-state index in [2.05, 4.69) is 29.6 Å². The number of ether oxygens (including phenoxy) is 1. The number of aliphatic hydroxyl groups excluding tert-OH is 1. The van der Waals surface area contributed by atoms with E-state index in [0.29, 0.717) is 18.9 Å². The fourth-order valence-electron chi connectivity index (χ4n) is 3.43. The summed E-state index contributed by atoms with van der Waals surface area (Å²) in [7, 11) is 0. The van der Waals surface area contributed by atoms with Crippen molar-refractivity contribution in [3.8, 4) is 0 Å². The Hall–Kier alpha value is -2.33. The van der Waals surface area contributed by atoms with Crippen molar-refractivity contribution < 1.29 is 14.6 Å². The van der Waals surface area contributed by atoms with Crippen LogP contribution in [-0.2, 0) is 17.8 Å². The number of hydrogen-bond donors (Lipinski definition) is 2. The van der Waals surface area contributed by atoms with Gasteiger partial charge in [0.2, 0.25) is 0 Å². The van der Waals surface area contributed by atoms with Crippen LogP contribution < -0.4 is 5.32 Å². The fourth-order valence-corrected chi connectivity index (χ4v) is 3.43. The average molecular weight is 339 g/mol. The monoisotopic (exact) mass is 339 g/mol. The van der Waals surface area contributed by atoms with Crippen LogP contribution in [0.15, 0.2) is 54.6 Å². The number of benzene rings is 2. The summed E-state index contributed by atoms with van der Waals surface area (Å²) in [6, 6.07) is 18.3. The minimum absolute atomic E-state index is 0.172. The Bertz CT molecular complexity index is 669. The van der Waals surface area contributed by atoms with E-state index in [-0.39, 0.29) is 18.7 Å². The molecule has 0 bridgehead atoms. The summed E-state index contributed by atoms with van der Waals surface area (Å²) >= 11 is 0. The van der Waals surface area contributed by atoms with E-state index >= 15 is 0 Å². The zero-order valence-corrected chi connectivity index (χ0v) is 14.4. The van der Waals surface area contributed by atoms with E-state index in [9.17, 15) is 4.79 Å². The molecular weight excluding hydrogens is 314 g/mol. The molecule has 0 aliphatic heterocycles. The highest BCUT2D eigenvalue weighted by molar-refractivity contribution is 5.67. The van der Waals surface area contributed by atoms with Gasteiger partial charge in [0.05, 0.1) is 0 Å². The van der Waals surface area contributed by atoms with E-state index in [1.54, 1.807) is 0 Å². The zero-order chi connectivity index (χ0) is 17.5. The van der Waals surface area contributed by atoms with Crippen molar-refractivity contribution in [3.63, 3.8) is 0 Å². The molecule has 1 aliphatic carbocycles. The minimum atomic E-state index is -0.340. The second-order valence-electron chi connectivity index (χ2n) is 6.63. The van der Waals surface area contributed by atoms with E-state index < -0.39 is 0 Å². The first kappa shape index (κ1) is 17.5. The summed E-state index contributed by atoms with van der Waals surface area (Å²) in [4.78, 5) is 12.0. The molecule has 0 radical (unpaired) electrons. The van der Waals surface area contributed by atoms with Gasteiger partial charge in [-0.2, -0.15) is 0 Å². The summed E-state index contributed by atoms with van der Waals surface area (Å²) in [5, 5.41) is 12.0. The number of hydrogen-bond acceptors (Lipinski definition) is 3. The molecule has 1 saturated carbocycles. The number of carbonyl (C=O) groups is 1. The third-order valence-corrected chi connectivity index (χ3v) is 4.82. The van der Waals surface area contributed by atoms with Crippen molar-refractivity contribution >= 4 is 6.09 Å². The van der Waals surface area contributed by atoms with Gasteiger partial charge in [0.1, 0.15) is 6.61 Å². The van der Waals surface area contributed by atoms with Crippen molar-refractivity contribution in [2.75, 3.05) is 6.61 Å². The average Bonchev–Trinajstić information content (AvgIpc) is 3.10. The van der Waals surface area contributed by atoms with Gasteiger partial charge in [0.25, 0.3) is 0 Å². The van der Waals surface area contributed by atoms with Crippen LogP contribution in [-0.4, -0.2) is 23.8 Å². The smallest absolute Gasteiger partial charge is 0.407 e. The zero-order valence-electron chi connectivity index (χ0n) is 14.4. The Labute approximate surface area is 148 Å². The predicted octanol–water partition coefficient (Wildman–Crippen LogP) is 3.78. The van der Waals surface area contributed by atoms with Crippen LogP contribution in [0.4, 0.5) is 4.79 Å². The molecule has 1 fully saturated rings. The third kappa shape index (κ3) is 5.07. The topological polar surface area (TPSA) is 58.6 Å². The lowest BCUT2D eigenvalue weighted by Crippen LogP contribution is -2.33. The van der Waals surface area contributed by atoms with Crippen LogP contribution in [0.3, 0.4) is 0 Å². The molecule has 25 heavy (non-hydrogen) atoms. The quantitative estimate of drug-likeness (QED) is 0.842. The summed E-state index contributed by atoms with van der Waals surface area (Å²) in [5.74, 6) is 0.475. The van der Waals surface area contributed by atoms with Crippen molar-refractivity contribution in [2.45, 2.75) is 44.2 Å². The first-order valence-electron chi connectivity index (χ1n) is 8.91. The van der Waals surface area contributed by atoms with Crippen LogP contribution in [0.1, 0.15) is 41.9 Å². The first-order valence-corrected chi connectivity index (χ1v) is 8.91. The lowest BCUT2D eigenvalue weighted by atomic mass is 9.96. The highest BCUT2D eigenvalue weighted by Gasteiger charge is 2.27. The minimum Gasteiger partial charge on any atom is -0.445 e. The van der Waals surface area contributed by atoms with Gasteiger partial charge in [-0.3, -0.25) is 0 Å². The maximum atomic E-state index is 12.0. The molecule has 0 saturated heterocycles. The summed E-state index contributed by atoms with van der Waals surface area (Å²) in [6.45, 7) is 0.481. The maximum Gasteiger partial charge on any atom is 0.407 e. The SMILES string of the molecule is O=C(N[C@@H]1CC[C@@H](c2ccc(CCO)cc2)C1)OCc1ccccc1. The van der Waals surface area contributed by atoms with Crippen molar-refractivity contribution in [2.24, 2.45) is 0 Å². The molecule has 0 aromatic heterocycles. The molecule has 2 aromatic carbocycles. The Kier molecular flexibility index (Phi) is 6.07. The summed E-state index contributed by atoms with van der Waals surface area (Å²) < 4.78 is 5.30. The number of rotatable bonds is 6. The molecular formula is C21H25NO3. The number of nitrogens with one attached hydrogen (secondary N) is 1. The molecule has 4 nitrogen and oxygen atoms in total. The number of alkyl carbamates (subject to hydrolysis) is 1. The normalized spacial score (nSPS) is 19.6. The number of carbonyl (C=O) groups excluding carboxylic acids is 1. The molecule has 1 aliphatic rings. The van der Waals surface area contributed by atoms with Crippen LogP contribution in [0, 0.1) is 0 Å². The first-order chi connectivity index (χ1) is 12.2. The van der Waals surface area contributed by atoms with Crippen molar-refractivity contribution in [1.82, 2.24) is 5.32 Å². The van der Waals surface area contributed by atoms with Crippen LogP contribution >= 0.6 is 0 Å². The van der Waals surface area contributed by atoms with Crippen molar-refractivity contribution in [3.05, 3.63) is 71.3 Å². The third-order valence-electron chi connectivity index (χ3n) is 4.82. The van der Waals surface area contributed by atoms with E-state index in [1.165, 1.54) is 5.56 Å². The maximum absolute atomic E-state index is 12.0. The lowest BCUT2D eigenvalue weighted by Gasteiger charge is -2.14. The largest absolute Gasteiger partial charge is 0.445 e. The molecule has 2 aromatic rings.